The molecule has 0 atom stereocenters. The van der Waals surface area contributed by atoms with Crippen LogP contribution in [0.1, 0.15) is 16.9 Å². The lowest BCUT2D eigenvalue weighted by molar-refractivity contribution is -0.118. The third kappa shape index (κ3) is 2.51. The summed E-state index contributed by atoms with van der Waals surface area (Å²) < 4.78 is 0. The molecule has 20 heavy (non-hydrogen) atoms. The molecule has 1 amide bonds. The average molecular weight is 303 g/mol. The predicted octanol–water partition coefficient (Wildman–Crippen LogP) is 2.02. The summed E-state index contributed by atoms with van der Waals surface area (Å²) >= 11 is 3.21. The number of hydrogen-bond acceptors (Lipinski definition) is 5. The first-order chi connectivity index (χ1) is 9.79. The first-order valence-corrected chi connectivity index (χ1v) is 8.18. The van der Waals surface area contributed by atoms with Crippen molar-refractivity contribution in [3.8, 4) is 12.3 Å². The Kier molecular flexibility index (Phi) is 3.90. The van der Waals surface area contributed by atoms with E-state index in [-0.39, 0.29) is 12.5 Å². The number of fused-ring (bicyclic) bond motifs is 3. The minimum absolute atomic E-state index is 0.0633. The van der Waals surface area contributed by atoms with Gasteiger partial charge in [-0.05, 0) is 24.8 Å². The van der Waals surface area contributed by atoms with E-state index in [1.807, 2.05) is 0 Å². The molecule has 2 aromatic heterocycles. The van der Waals surface area contributed by atoms with E-state index in [0.29, 0.717) is 5.75 Å². The zero-order valence-corrected chi connectivity index (χ0v) is 12.4. The molecule has 2 heterocycles. The second kappa shape index (κ2) is 5.81. The first kappa shape index (κ1) is 13.4. The Morgan fingerprint density at radius 3 is 3.25 bits per heavy atom. The number of thioether (sulfide) groups is 1. The maximum absolute atomic E-state index is 11.6. The van der Waals surface area contributed by atoms with Gasteiger partial charge in [0.2, 0.25) is 5.91 Å². The molecule has 0 spiro atoms. The van der Waals surface area contributed by atoms with Crippen molar-refractivity contribution < 1.29 is 4.79 Å². The summed E-state index contributed by atoms with van der Waals surface area (Å²) in [7, 11) is 0. The van der Waals surface area contributed by atoms with Crippen LogP contribution in [0.4, 0.5) is 0 Å². The summed E-state index contributed by atoms with van der Waals surface area (Å²) in [6.07, 6.45) is 10.1. The summed E-state index contributed by atoms with van der Waals surface area (Å²) in [4.78, 5) is 22.8. The Hall–Kier alpha value is -1.58. The van der Waals surface area contributed by atoms with Crippen LogP contribution < -0.4 is 5.32 Å². The predicted molar refractivity (Wildman–Crippen MR) is 82.0 cm³/mol. The van der Waals surface area contributed by atoms with Crippen molar-refractivity contribution in [1.29, 1.82) is 0 Å². The van der Waals surface area contributed by atoms with Gasteiger partial charge in [-0.15, -0.1) is 17.8 Å². The smallest absolute Gasteiger partial charge is 0.231 e. The standard InChI is InChI=1S/C14H13N3OS2/c1-2-6-15-11(18)7-19-13-12-9-4-3-5-10(9)20-14(12)17-8-16-13/h1,8H,3-7H2,(H,15,18). The molecule has 0 fully saturated rings. The molecule has 4 nitrogen and oxygen atoms in total. The number of carbonyl (C=O) groups is 1. The first-order valence-electron chi connectivity index (χ1n) is 6.38. The van der Waals surface area contributed by atoms with Crippen molar-refractivity contribution in [3.63, 3.8) is 0 Å². The fourth-order valence-electron chi connectivity index (χ4n) is 2.34. The molecule has 1 aliphatic carbocycles. The number of hydrogen-bond donors (Lipinski definition) is 1. The number of aryl methyl sites for hydroxylation is 2. The van der Waals surface area contributed by atoms with Crippen molar-refractivity contribution in [3.05, 3.63) is 16.8 Å². The van der Waals surface area contributed by atoms with E-state index in [1.54, 1.807) is 17.7 Å². The fraction of sp³-hybridized carbons (Fsp3) is 0.357. The molecule has 0 aliphatic heterocycles. The topological polar surface area (TPSA) is 54.9 Å². The van der Waals surface area contributed by atoms with E-state index in [2.05, 4.69) is 21.2 Å². The highest BCUT2D eigenvalue weighted by Gasteiger charge is 2.21. The van der Waals surface area contributed by atoms with Crippen molar-refractivity contribution in [2.45, 2.75) is 24.3 Å². The molecule has 6 heteroatoms. The molecule has 0 radical (unpaired) electrons. The summed E-state index contributed by atoms with van der Waals surface area (Å²) in [6.45, 7) is 0.270. The molecular formula is C14H13N3OS2. The Morgan fingerprint density at radius 2 is 2.40 bits per heavy atom. The van der Waals surface area contributed by atoms with Crippen LogP contribution in [0.5, 0.6) is 0 Å². The van der Waals surface area contributed by atoms with Gasteiger partial charge >= 0.3 is 0 Å². The lowest BCUT2D eigenvalue weighted by Crippen LogP contribution is -2.25. The molecule has 1 aliphatic rings. The van der Waals surface area contributed by atoms with Crippen LogP contribution in [0.25, 0.3) is 10.2 Å². The van der Waals surface area contributed by atoms with Crippen LogP contribution >= 0.6 is 23.1 Å². The number of thiophene rings is 1. The van der Waals surface area contributed by atoms with Gasteiger partial charge in [0.25, 0.3) is 0 Å². The molecule has 0 bridgehead atoms. The molecular weight excluding hydrogens is 290 g/mol. The molecule has 2 aromatic rings. The minimum Gasteiger partial charge on any atom is -0.344 e. The zero-order valence-electron chi connectivity index (χ0n) is 10.8. The molecule has 0 saturated carbocycles. The largest absolute Gasteiger partial charge is 0.344 e. The number of terminal acetylenes is 1. The van der Waals surface area contributed by atoms with E-state index >= 15 is 0 Å². The average Bonchev–Trinajstić information content (AvgIpc) is 3.03. The normalized spacial score (nSPS) is 13.2. The molecule has 102 valence electrons. The summed E-state index contributed by atoms with van der Waals surface area (Å²) in [5, 5.41) is 4.72. The molecule has 0 unspecified atom stereocenters. The Bertz CT molecular complexity index is 702. The number of rotatable bonds is 4. The van der Waals surface area contributed by atoms with Crippen LogP contribution in [-0.4, -0.2) is 28.2 Å². The molecule has 1 N–H and O–H groups in total. The van der Waals surface area contributed by atoms with Gasteiger partial charge in [0.05, 0.1) is 12.3 Å². The Labute approximate surface area is 125 Å². The van der Waals surface area contributed by atoms with E-state index in [9.17, 15) is 4.79 Å². The van der Waals surface area contributed by atoms with Crippen LogP contribution in [0.3, 0.4) is 0 Å². The lowest BCUT2D eigenvalue weighted by Gasteiger charge is -2.04. The van der Waals surface area contributed by atoms with E-state index in [4.69, 9.17) is 6.42 Å². The molecule has 3 rings (SSSR count). The van der Waals surface area contributed by atoms with Crippen LogP contribution in [0, 0.1) is 12.3 Å². The highest BCUT2D eigenvalue weighted by atomic mass is 32.2. The third-order valence-electron chi connectivity index (χ3n) is 3.19. The number of aromatic nitrogens is 2. The van der Waals surface area contributed by atoms with Crippen LogP contribution in [0.2, 0.25) is 0 Å². The van der Waals surface area contributed by atoms with Gasteiger partial charge in [-0.25, -0.2) is 9.97 Å². The SMILES string of the molecule is C#CCNC(=O)CSc1ncnc2sc3c(c12)CCC3. The van der Waals surface area contributed by atoms with Gasteiger partial charge in [0.15, 0.2) is 0 Å². The van der Waals surface area contributed by atoms with Gasteiger partial charge < -0.3 is 5.32 Å². The summed E-state index contributed by atoms with van der Waals surface area (Å²) in [5.41, 5.74) is 1.39. The molecule has 0 aromatic carbocycles. The van der Waals surface area contributed by atoms with Gasteiger partial charge in [0.1, 0.15) is 16.2 Å². The maximum Gasteiger partial charge on any atom is 0.231 e. The Balaban J connectivity index is 1.82. The van der Waals surface area contributed by atoms with Crippen LogP contribution in [-0.2, 0) is 17.6 Å². The Morgan fingerprint density at radius 1 is 1.50 bits per heavy atom. The van der Waals surface area contributed by atoms with Gasteiger partial charge in [0, 0.05) is 10.3 Å². The van der Waals surface area contributed by atoms with Crippen molar-refractivity contribution in [2.75, 3.05) is 12.3 Å². The van der Waals surface area contributed by atoms with Gasteiger partial charge in [-0.1, -0.05) is 17.7 Å². The monoisotopic (exact) mass is 303 g/mol. The minimum atomic E-state index is -0.0633. The van der Waals surface area contributed by atoms with E-state index in [0.717, 1.165) is 28.1 Å². The van der Waals surface area contributed by atoms with Crippen molar-refractivity contribution >= 4 is 39.2 Å². The number of nitrogens with zero attached hydrogens (tertiary/aromatic N) is 2. The second-order valence-electron chi connectivity index (χ2n) is 4.49. The summed E-state index contributed by atoms with van der Waals surface area (Å²) in [5.74, 6) is 2.66. The second-order valence-corrected chi connectivity index (χ2v) is 6.53. The van der Waals surface area contributed by atoms with Gasteiger partial charge in [-0.3, -0.25) is 4.79 Å². The highest BCUT2D eigenvalue weighted by Crippen LogP contribution is 2.39. The quantitative estimate of drug-likeness (QED) is 0.533. The number of nitrogens with one attached hydrogen (secondary N) is 1. The van der Waals surface area contributed by atoms with Gasteiger partial charge in [-0.2, -0.15) is 0 Å². The fourth-order valence-corrected chi connectivity index (χ4v) is 4.49. The number of carbonyl (C=O) groups excluding carboxylic acids is 1. The van der Waals surface area contributed by atoms with Crippen molar-refractivity contribution in [2.24, 2.45) is 0 Å². The van der Waals surface area contributed by atoms with Crippen LogP contribution in [0.15, 0.2) is 11.4 Å². The van der Waals surface area contributed by atoms with E-state index < -0.39 is 0 Å². The van der Waals surface area contributed by atoms with Crippen molar-refractivity contribution in [1.82, 2.24) is 15.3 Å². The third-order valence-corrected chi connectivity index (χ3v) is 5.38. The maximum atomic E-state index is 11.6. The van der Waals surface area contributed by atoms with E-state index in [1.165, 1.54) is 28.6 Å². The zero-order chi connectivity index (χ0) is 13.9. The molecule has 0 saturated heterocycles. The highest BCUT2D eigenvalue weighted by molar-refractivity contribution is 8.00. The summed E-state index contributed by atoms with van der Waals surface area (Å²) in [6, 6.07) is 0. The number of amides is 1. The lowest BCUT2D eigenvalue weighted by atomic mass is 10.2.